The summed E-state index contributed by atoms with van der Waals surface area (Å²) >= 11 is 0. The van der Waals surface area contributed by atoms with Crippen LogP contribution in [0, 0.1) is 0 Å². The summed E-state index contributed by atoms with van der Waals surface area (Å²) in [4.78, 5) is 4.52. The van der Waals surface area contributed by atoms with Crippen molar-refractivity contribution in [3.8, 4) is 22.7 Å². The van der Waals surface area contributed by atoms with Crippen LogP contribution in [0.25, 0.3) is 33.8 Å². The molecule has 0 unspecified atom stereocenters. The first-order valence-corrected chi connectivity index (χ1v) is 6.49. The smallest absolute Gasteiger partial charge is 0.227 e. The molecule has 2 N–H and O–H groups in total. The number of fused-ring (bicyclic) bond motifs is 1. The van der Waals surface area contributed by atoms with Crippen LogP contribution in [-0.2, 0) is 0 Å². The van der Waals surface area contributed by atoms with Gasteiger partial charge in [-0.2, -0.15) is 0 Å². The Morgan fingerprint density at radius 2 is 1.67 bits per heavy atom. The third kappa shape index (κ3) is 1.95. The number of hydrogen-bond acceptors (Lipinski definition) is 5. The van der Waals surface area contributed by atoms with Crippen molar-refractivity contribution in [3.05, 3.63) is 54.6 Å². The van der Waals surface area contributed by atoms with Gasteiger partial charge in [-0.05, 0) is 18.2 Å². The van der Waals surface area contributed by atoms with Crippen LogP contribution in [0.3, 0.4) is 0 Å². The molecule has 0 fully saturated rings. The molecular weight excluding hydrogens is 266 g/mol. The number of para-hydroxylation sites is 2. The van der Waals surface area contributed by atoms with Crippen LogP contribution in [0.15, 0.2) is 63.5 Å². The number of nitrogens with zero attached hydrogens (tertiary/aromatic N) is 2. The molecule has 0 aliphatic rings. The Morgan fingerprint density at radius 3 is 2.43 bits per heavy atom. The fraction of sp³-hybridized carbons (Fsp3) is 0. The Balaban J connectivity index is 1.92. The summed E-state index contributed by atoms with van der Waals surface area (Å²) < 4.78 is 10.8. The van der Waals surface area contributed by atoms with E-state index in [1.54, 1.807) is 6.07 Å². The molecule has 102 valence electrons. The summed E-state index contributed by atoms with van der Waals surface area (Å²) in [7, 11) is 0. The van der Waals surface area contributed by atoms with Gasteiger partial charge in [-0.1, -0.05) is 35.5 Å². The van der Waals surface area contributed by atoms with Crippen molar-refractivity contribution in [1.29, 1.82) is 0 Å². The lowest BCUT2D eigenvalue weighted by atomic mass is 10.0. The summed E-state index contributed by atoms with van der Waals surface area (Å²) in [5.74, 6) is 0.825. The fourth-order valence-corrected chi connectivity index (χ4v) is 2.30. The summed E-state index contributed by atoms with van der Waals surface area (Å²) in [6, 6.07) is 17.1. The monoisotopic (exact) mass is 277 g/mol. The lowest BCUT2D eigenvalue weighted by Crippen LogP contribution is -1.84. The van der Waals surface area contributed by atoms with Crippen molar-refractivity contribution in [1.82, 2.24) is 10.1 Å². The van der Waals surface area contributed by atoms with E-state index in [4.69, 9.17) is 14.7 Å². The standard InChI is InChI=1S/C16H11N3O2/c17-15-9-13(19-21-15)10-5-1-2-6-11(10)16-18-12-7-3-4-8-14(12)20-16/h1-9H,17H2. The summed E-state index contributed by atoms with van der Waals surface area (Å²) in [6.07, 6.45) is 0. The molecule has 4 rings (SSSR count). The van der Waals surface area contributed by atoms with E-state index in [1.807, 2.05) is 48.5 Å². The molecule has 0 bridgehead atoms. The maximum Gasteiger partial charge on any atom is 0.227 e. The Morgan fingerprint density at radius 1 is 0.905 bits per heavy atom. The molecule has 0 saturated carbocycles. The van der Waals surface area contributed by atoms with Crippen molar-refractivity contribution in [2.24, 2.45) is 0 Å². The van der Waals surface area contributed by atoms with Gasteiger partial charge < -0.3 is 14.7 Å². The van der Waals surface area contributed by atoms with E-state index < -0.39 is 0 Å². The molecule has 2 aromatic carbocycles. The van der Waals surface area contributed by atoms with E-state index in [0.29, 0.717) is 11.6 Å². The first-order chi connectivity index (χ1) is 10.3. The van der Waals surface area contributed by atoms with Crippen LogP contribution in [-0.4, -0.2) is 10.1 Å². The maximum atomic E-state index is 5.82. The van der Waals surface area contributed by atoms with E-state index >= 15 is 0 Å². The Kier molecular flexibility index (Phi) is 2.50. The summed E-state index contributed by atoms with van der Waals surface area (Å²) in [5.41, 5.74) is 9.54. The maximum absolute atomic E-state index is 5.82. The number of rotatable bonds is 2. The Labute approximate surface area is 120 Å². The molecule has 0 amide bonds. The lowest BCUT2D eigenvalue weighted by Gasteiger charge is -2.02. The number of nitrogen functional groups attached to an aromatic ring is 1. The average molecular weight is 277 g/mol. The van der Waals surface area contributed by atoms with Crippen LogP contribution < -0.4 is 5.73 Å². The second-order valence-corrected chi connectivity index (χ2v) is 4.65. The third-order valence-corrected chi connectivity index (χ3v) is 3.26. The van der Waals surface area contributed by atoms with Crippen LogP contribution in [0.4, 0.5) is 5.88 Å². The number of nitrogens with two attached hydrogens (primary N) is 1. The number of hydrogen-bond donors (Lipinski definition) is 1. The molecule has 0 spiro atoms. The van der Waals surface area contributed by atoms with Gasteiger partial charge in [0.2, 0.25) is 11.8 Å². The fourth-order valence-electron chi connectivity index (χ4n) is 2.30. The summed E-state index contributed by atoms with van der Waals surface area (Å²) in [5, 5.41) is 3.96. The third-order valence-electron chi connectivity index (χ3n) is 3.26. The van der Waals surface area contributed by atoms with Gasteiger partial charge in [0.15, 0.2) is 5.58 Å². The first-order valence-electron chi connectivity index (χ1n) is 6.49. The molecule has 2 heterocycles. The van der Waals surface area contributed by atoms with E-state index in [1.165, 1.54) is 0 Å². The van der Waals surface area contributed by atoms with Gasteiger partial charge >= 0.3 is 0 Å². The Hall–Kier alpha value is -3.08. The Bertz CT molecular complexity index is 891. The highest BCUT2D eigenvalue weighted by molar-refractivity contribution is 5.82. The molecule has 5 heteroatoms. The second-order valence-electron chi connectivity index (χ2n) is 4.65. The molecule has 21 heavy (non-hydrogen) atoms. The van der Waals surface area contributed by atoms with Crippen LogP contribution in [0.2, 0.25) is 0 Å². The van der Waals surface area contributed by atoms with Crippen molar-refractivity contribution in [3.63, 3.8) is 0 Å². The van der Waals surface area contributed by atoms with Gasteiger partial charge in [-0.3, -0.25) is 0 Å². The average Bonchev–Trinajstić information content (AvgIpc) is 3.13. The topological polar surface area (TPSA) is 78.1 Å². The minimum absolute atomic E-state index is 0.275. The molecule has 0 radical (unpaired) electrons. The molecule has 0 atom stereocenters. The van der Waals surface area contributed by atoms with Crippen LogP contribution in [0.1, 0.15) is 0 Å². The summed E-state index contributed by atoms with van der Waals surface area (Å²) in [6.45, 7) is 0. The minimum atomic E-state index is 0.275. The zero-order valence-electron chi connectivity index (χ0n) is 11.0. The van der Waals surface area contributed by atoms with Gasteiger partial charge in [-0.25, -0.2) is 4.98 Å². The van der Waals surface area contributed by atoms with Gasteiger partial charge in [0.05, 0.1) is 0 Å². The van der Waals surface area contributed by atoms with Crippen molar-refractivity contribution in [2.45, 2.75) is 0 Å². The highest BCUT2D eigenvalue weighted by Crippen LogP contribution is 2.33. The number of anilines is 1. The quantitative estimate of drug-likeness (QED) is 0.604. The molecule has 0 aliphatic carbocycles. The number of oxazole rings is 1. The van der Waals surface area contributed by atoms with Crippen LogP contribution >= 0.6 is 0 Å². The predicted octanol–water partition coefficient (Wildman–Crippen LogP) is 3.73. The van der Waals surface area contributed by atoms with E-state index in [2.05, 4.69) is 10.1 Å². The van der Waals surface area contributed by atoms with Crippen LogP contribution in [0.5, 0.6) is 0 Å². The van der Waals surface area contributed by atoms with E-state index in [0.717, 1.165) is 22.2 Å². The van der Waals surface area contributed by atoms with Crippen molar-refractivity contribution < 1.29 is 8.94 Å². The highest BCUT2D eigenvalue weighted by Gasteiger charge is 2.15. The SMILES string of the molecule is Nc1cc(-c2ccccc2-c2nc3ccccc3o2)no1. The van der Waals surface area contributed by atoms with Crippen molar-refractivity contribution in [2.75, 3.05) is 5.73 Å². The zero-order valence-corrected chi connectivity index (χ0v) is 11.0. The van der Waals surface area contributed by atoms with Gasteiger partial charge in [0.1, 0.15) is 11.2 Å². The molecule has 2 aromatic heterocycles. The highest BCUT2D eigenvalue weighted by atomic mass is 16.5. The largest absolute Gasteiger partial charge is 0.436 e. The zero-order chi connectivity index (χ0) is 14.2. The normalized spacial score (nSPS) is 11.0. The first kappa shape index (κ1) is 11.7. The lowest BCUT2D eigenvalue weighted by molar-refractivity contribution is 0.439. The van der Waals surface area contributed by atoms with Gasteiger partial charge in [-0.15, -0.1) is 0 Å². The van der Waals surface area contributed by atoms with Gasteiger partial charge in [0.25, 0.3) is 0 Å². The second kappa shape index (κ2) is 4.49. The molecule has 4 aromatic rings. The van der Waals surface area contributed by atoms with Crippen molar-refractivity contribution >= 4 is 17.0 Å². The molecule has 0 aliphatic heterocycles. The molecular formula is C16H11N3O2. The van der Waals surface area contributed by atoms with E-state index in [9.17, 15) is 0 Å². The van der Waals surface area contributed by atoms with E-state index in [-0.39, 0.29) is 5.88 Å². The molecule has 0 saturated heterocycles. The van der Waals surface area contributed by atoms with Gasteiger partial charge in [0, 0.05) is 17.2 Å². The molecule has 5 nitrogen and oxygen atoms in total. The minimum Gasteiger partial charge on any atom is -0.436 e. The number of aromatic nitrogens is 2. The predicted molar refractivity (Wildman–Crippen MR) is 79.4 cm³/mol. The number of benzene rings is 2.